The normalized spacial score (nSPS) is 10.2. The lowest BCUT2D eigenvalue weighted by Gasteiger charge is -2.05. The summed E-state index contributed by atoms with van der Waals surface area (Å²) in [6.45, 7) is 8.49. The summed E-state index contributed by atoms with van der Waals surface area (Å²) < 4.78 is 5.41. The number of nitrogens with one attached hydrogen (secondary N) is 1. The van der Waals surface area contributed by atoms with E-state index in [0.29, 0.717) is 6.61 Å². The third-order valence-corrected chi connectivity index (χ3v) is 1.63. The van der Waals surface area contributed by atoms with E-state index < -0.39 is 0 Å². The van der Waals surface area contributed by atoms with Gasteiger partial charge >= 0.3 is 0 Å². The monoisotopic (exact) mass is 171 g/mol. The van der Waals surface area contributed by atoms with Crippen LogP contribution in [0.2, 0.25) is 0 Å². The predicted molar refractivity (Wildman–Crippen MR) is 53.4 cm³/mol. The molecule has 0 amide bonds. The first-order valence-electron chi connectivity index (χ1n) is 4.70. The second-order valence-electron chi connectivity index (χ2n) is 3.04. The molecule has 0 saturated carbocycles. The van der Waals surface area contributed by atoms with Crippen molar-refractivity contribution in [2.45, 2.75) is 26.2 Å². The van der Waals surface area contributed by atoms with Crippen molar-refractivity contribution in [1.82, 2.24) is 5.32 Å². The van der Waals surface area contributed by atoms with Crippen LogP contribution in [-0.4, -0.2) is 26.8 Å². The van der Waals surface area contributed by atoms with Crippen molar-refractivity contribution in [1.29, 1.82) is 0 Å². The Morgan fingerprint density at radius 1 is 1.42 bits per heavy atom. The number of unbranched alkanes of at least 4 members (excludes halogenated alkanes) is 2. The molecule has 0 spiro atoms. The van der Waals surface area contributed by atoms with Crippen LogP contribution in [0.5, 0.6) is 0 Å². The van der Waals surface area contributed by atoms with Gasteiger partial charge in [-0.05, 0) is 19.0 Å². The molecule has 0 atom stereocenters. The van der Waals surface area contributed by atoms with E-state index in [9.17, 15) is 0 Å². The molecule has 2 heteroatoms. The summed E-state index contributed by atoms with van der Waals surface area (Å²) in [5.41, 5.74) is 1.12. The Labute approximate surface area is 76.0 Å². The summed E-state index contributed by atoms with van der Waals surface area (Å²) in [4.78, 5) is 0. The van der Waals surface area contributed by atoms with E-state index in [2.05, 4.69) is 18.8 Å². The first kappa shape index (κ1) is 11.7. The van der Waals surface area contributed by atoms with Crippen molar-refractivity contribution in [2.24, 2.45) is 0 Å². The SMILES string of the molecule is C=C(CNC)COCCCCC. The van der Waals surface area contributed by atoms with E-state index in [0.717, 1.165) is 18.7 Å². The molecule has 0 aromatic rings. The fourth-order valence-corrected chi connectivity index (χ4v) is 0.972. The molecule has 0 aromatic heterocycles. The van der Waals surface area contributed by atoms with Crippen molar-refractivity contribution in [2.75, 3.05) is 26.8 Å². The van der Waals surface area contributed by atoms with E-state index in [1.54, 1.807) is 0 Å². The van der Waals surface area contributed by atoms with Crippen LogP contribution in [0, 0.1) is 0 Å². The van der Waals surface area contributed by atoms with Crippen LogP contribution in [0.15, 0.2) is 12.2 Å². The minimum Gasteiger partial charge on any atom is -0.377 e. The van der Waals surface area contributed by atoms with Crippen molar-refractivity contribution < 1.29 is 4.74 Å². The van der Waals surface area contributed by atoms with Gasteiger partial charge in [-0.15, -0.1) is 0 Å². The first-order chi connectivity index (χ1) is 5.81. The summed E-state index contributed by atoms with van der Waals surface area (Å²) >= 11 is 0. The molecular weight excluding hydrogens is 150 g/mol. The van der Waals surface area contributed by atoms with Gasteiger partial charge in [-0.2, -0.15) is 0 Å². The highest BCUT2D eigenvalue weighted by molar-refractivity contribution is 4.96. The average Bonchev–Trinajstić information content (AvgIpc) is 2.05. The highest BCUT2D eigenvalue weighted by atomic mass is 16.5. The van der Waals surface area contributed by atoms with Crippen molar-refractivity contribution in [3.8, 4) is 0 Å². The van der Waals surface area contributed by atoms with Crippen LogP contribution >= 0.6 is 0 Å². The Hall–Kier alpha value is -0.340. The third-order valence-electron chi connectivity index (χ3n) is 1.63. The molecule has 0 radical (unpaired) electrons. The van der Waals surface area contributed by atoms with Gasteiger partial charge in [0.2, 0.25) is 0 Å². The molecule has 0 heterocycles. The van der Waals surface area contributed by atoms with Crippen molar-refractivity contribution in [3.05, 3.63) is 12.2 Å². The molecule has 0 unspecified atom stereocenters. The van der Waals surface area contributed by atoms with Gasteiger partial charge in [0.25, 0.3) is 0 Å². The maximum atomic E-state index is 5.41. The molecule has 0 aliphatic carbocycles. The van der Waals surface area contributed by atoms with E-state index in [-0.39, 0.29) is 0 Å². The lowest BCUT2D eigenvalue weighted by atomic mass is 10.3. The topological polar surface area (TPSA) is 21.3 Å². The zero-order chi connectivity index (χ0) is 9.23. The second-order valence-corrected chi connectivity index (χ2v) is 3.04. The summed E-state index contributed by atoms with van der Waals surface area (Å²) in [5, 5.41) is 3.04. The van der Waals surface area contributed by atoms with Crippen LogP contribution in [-0.2, 0) is 4.74 Å². The Morgan fingerprint density at radius 2 is 2.17 bits per heavy atom. The zero-order valence-corrected chi connectivity index (χ0v) is 8.36. The Morgan fingerprint density at radius 3 is 2.75 bits per heavy atom. The lowest BCUT2D eigenvalue weighted by Crippen LogP contribution is -2.13. The third kappa shape index (κ3) is 7.76. The maximum Gasteiger partial charge on any atom is 0.0686 e. The number of hydrogen-bond donors (Lipinski definition) is 1. The fraction of sp³-hybridized carbons (Fsp3) is 0.800. The van der Waals surface area contributed by atoms with E-state index in [1.165, 1.54) is 19.3 Å². The minimum atomic E-state index is 0.699. The van der Waals surface area contributed by atoms with Crippen LogP contribution < -0.4 is 5.32 Å². The van der Waals surface area contributed by atoms with Gasteiger partial charge in [0.1, 0.15) is 0 Å². The highest BCUT2D eigenvalue weighted by Crippen LogP contribution is 1.96. The molecule has 2 nitrogen and oxygen atoms in total. The first-order valence-corrected chi connectivity index (χ1v) is 4.70. The van der Waals surface area contributed by atoms with Gasteiger partial charge in [-0.1, -0.05) is 26.3 Å². The molecular formula is C10H21NO. The number of rotatable bonds is 8. The summed E-state index contributed by atoms with van der Waals surface area (Å²) in [6.07, 6.45) is 3.68. The average molecular weight is 171 g/mol. The van der Waals surface area contributed by atoms with Gasteiger partial charge in [-0.25, -0.2) is 0 Å². The Bertz CT molecular complexity index is 112. The van der Waals surface area contributed by atoms with Crippen molar-refractivity contribution in [3.63, 3.8) is 0 Å². The largest absolute Gasteiger partial charge is 0.377 e. The van der Waals surface area contributed by atoms with E-state index >= 15 is 0 Å². The summed E-state index contributed by atoms with van der Waals surface area (Å²) in [5.74, 6) is 0. The molecule has 0 bridgehead atoms. The molecule has 0 rings (SSSR count). The molecule has 0 aliphatic rings. The summed E-state index contributed by atoms with van der Waals surface area (Å²) in [6, 6.07) is 0. The quantitative estimate of drug-likeness (QED) is 0.445. The fourth-order valence-electron chi connectivity index (χ4n) is 0.972. The van der Waals surface area contributed by atoms with Crippen LogP contribution in [0.25, 0.3) is 0 Å². The minimum absolute atomic E-state index is 0.699. The van der Waals surface area contributed by atoms with Gasteiger partial charge in [0.15, 0.2) is 0 Å². The molecule has 1 N–H and O–H groups in total. The molecule has 72 valence electrons. The lowest BCUT2D eigenvalue weighted by molar-refractivity contribution is 0.150. The Kier molecular flexibility index (Phi) is 8.51. The standard InChI is InChI=1S/C10H21NO/c1-4-5-6-7-12-9-10(2)8-11-3/h11H,2,4-9H2,1,3H3. The van der Waals surface area contributed by atoms with E-state index in [1.807, 2.05) is 7.05 Å². The molecule has 0 aliphatic heterocycles. The second kappa shape index (κ2) is 8.75. The van der Waals surface area contributed by atoms with Gasteiger partial charge in [0.05, 0.1) is 6.61 Å². The predicted octanol–water partition coefficient (Wildman–Crippen LogP) is 1.97. The van der Waals surface area contributed by atoms with Gasteiger partial charge < -0.3 is 10.1 Å². The zero-order valence-electron chi connectivity index (χ0n) is 8.36. The smallest absolute Gasteiger partial charge is 0.0686 e. The number of likely N-dealkylation sites (N-methyl/N-ethyl adjacent to an activating group) is 1. The molecule has 12 heavy (non-hydrogen) atoms. The van der Waals surface area contributed by atoms with Gasteiger partial charge in [0, 0.05) is 13.2 Å². The van der Waals surface area contributed by atoms with Crippen LogP contribution in [0.3, 0.4) is 0 Å². The molecule has 0 saturated heterocycles. The Balaban J connectivity index is 3.03. The number of ether oxygens (including phenoxy) is 1. The summed E-state index contributed by atoms with van der Waals surface area (Å²) in [7, 11) is 1.92. The van der Waals surface area contributed by atoms with Crippen LogP contribution in [0.1, 0.15) is 26.2 Å². The van der Waals surface area contributed by atoms with E-state index in [4.69, 9.17) is 4.74 Å². The molecule has 0 aromatic carbocycles. The molecule has 0 fully saturated rings. The number of hydrogen-bond acceptors (Lipinski definition) is 2. The maximum absolute atomic E-state index is 5.41. The van der Waals surface area contributed by atoms with Gasteiger partial charge in [-0.3, -0.25) is 0 Å². The van der Waals surface area contributed by atoms with Crippen molar-refractivity contribution >= 4 is 0 Å². The van der Waals surface area contributed by atoms with Crippen LogP contribution in [0.4, 0.5) is 0 Å². The highest BCUT2D eigenvalue weighted by Gasteiger charge is 1.92.